The lowest BCUT2D eigenvalue weighted by molar-refractivity contribution is -0.121. The van der Waals surface area contributed by atoms with Gasteiger partial charge in [-0.15, -0.1) is 0 Å². The fourth-order valence-corrected chi connectivity index (χ4v) is 2.52. The van der Waals surface area contributed by atoms with Crippen LogP contribution < -0.4 is 10.7 Å². The number of nitrogens with one attached hydrogen (secondary N) is 1. The number of para-hydroxylation sites is 1. The van der Waals surface area contributed by atoms with Gasteiger partial charge in [0.15, 0.2) is 0 Å². The van der Waals surface area contributed by atoms with Crippen LogP contribution in [0, 0.1) is 0 Å². The van der Waals surface area contributed by atoms with Crippen LogP contribution in [0.2, 0.25) is 5.02 Å². The van der Waals surface area contributed by atoms with Gasteiger partial charge in [-0.1, -0.05) is 41.9 Å². The average Bonchev–Trinajstić information content (AvgIpc) is 2.57. The van der Waals surface area contributed by atoms with Gasteiger partial charge in [-0.05, 0) is 23.8 Å². The summed E-state index contributed by atoms with van der Waals surface area (Å²) in [5.41, 5.74) is 1.32. The van der Waals surface area contributed by atoms with Crippen molar-refractivity contribution in [3.05, 3.63) is 75.5 Å². The third-order valence-electron chi connectivity index (χ3n) is 3.49. The molecule has 116 valence electrons. The van der Waals surface area contributed by atoms with Crippen LogP contribution in [-0.2, 0) is 17.9 Å². The Hall–Kier alpha value is -2.66. The van der Waals surface area contributed by atoms with Crippen LogP contribution in [0.3, 0.4) is 0 Å². The van der Waals surface area contributed by atoms with E-state index in [1.54, 1.807) is 24.3 Å². The second kappa shape index (κ2) is 6.62. The van der Waals surface area contributed by atoms with Gasteiger partial charge in [0.25, 0.3) is 0 Å². The molecule has 0 saturated heterocycles. The van der Waals surface area contributed by atoms with E-state index in [1.807, 2.05) is 24.3 Å². The molecule has 0 saturated carbocycles. The number of hydrogen-bond donors (Lipinski definition) is 1. The maximum absolute atomic E-state index is 12.1. The number of carbonyl (C=O) groups is 1. The van der Waals surface area contributed by atoms with Crippen LogP contribution in [-0.4, -0.2) is 15.7 Å². The Morgan fingerprint density at radius 1 is 1.13 bits per heavy atom. The van der Waals surface area contributed by atoms with Gasteiger partial charge in [-0.2, -0.15) is 5.10 Å². The molecule has 23 heavy (non-hydrogen) atoms. The molecule has 0 radical (unpaired) electrons. The van der Waals surface area contributed by atoms with Crippen LogP contribution in [0.1, 0.15) is 5.56 Å². The van der Waals surface area contributed by atoms with Gasteiger partial charge >= 0.3 is 0 Å². The summed E-state index contributed by atoms with van der Waals surface area (Å²) in [6.07, 6.45) is 1.23. The second-order valence-electron chi connectivity index (χ2n) is 5.05. The van der Waals surface area contributed by atoms with Crippen molar-refractivity contribution >= 4 is 28.4 Å². The smallest absolute Gasteiger partial charge is 0.242 e. The summed E-state index contributed by atoms with van der Waals surface area (Å²) in [4.78, 5) is 23.9. The molecular formula is C17H14ClN3O2. The van der Waals surface area contributed by atoms with E-state index in [1.165, 1.54) is 10.9 Å². The monoisotopic (exact) mass is 327 g/mol. The summed E-state index contributed by atoms with van der Waals surface area (Å²) in [7, 11) is 0. The Morgan fingerprint density at radius 3 is 2.70 bits per heavy atom. The normalized spacial score (nSPS) is 10.7. The Labute approximate surface area is 137 Å². The summed E-state index contributed by atoms with van der Waals surface area (Å²) in [5, 5.41) is 8.00. The van der Waals surface area contributed by atoms with Gasteiger partial charge in [-0.25, -0.2) is 0 Å². The highest BCUT2D eigenvalue weighted by Crippen LogP contribution is 2.14. The summed E-state index contributed by atoms with van der Waals surface area (Å²) in [6, 6.07) is 14.4. The minimum atomic E-state index is -0.203. The van der Waals surface area contributed by atoms with E-state index in [2.05, 4.69) is 10.4 Å². The largest absolute Gasteiger partial charge is 0.350 e. The van der Waals surface area contributed by atoms with E-state index in [0.29, 0.717) is 22.5 Å². The SMILES string of the molecule is O=C(Cn1ncc(=O)c2ccccc21)NCc1ccccc1Cl. The topological polar surface area (TPSA) is 64.0 Å². The summed E-state index contributed by atoms with van der Waals surface area (Å²) < 4.78 is 1.51. The van der Waals surface area contributed by atoms with Crippen molar-refractivity contribution in [2.75, 3.05) is 0 Å². The maximum Gasteiger partial charge on any atom is 0.242 e. The van der Waals surface area contributed by atoms with Gasteiger partial charge in [0.2, 0.25) is 11.3 Å². The average molecular weight is 328 g/mol. The summed E-state index contributed by atoms with van der Waals surface area (Å²) in [5.74, 6) is -0.203. The third-order valence-corrected chi connectivity index (χ3v) is 3.86. The van der Waals surface area contributed by atoms with Gasteiger partial charge < -0.3 is 5.32 Å². The molecule has 0 aliphatic heterocycles. The Bertz CT molecular complexity index is 921. The molecule has 6 heteroatoms. The predicted molar refractivity (Wildman–Crippen MR) is 89.3 cm³/mol. The first-order valence-electron chi connectivity index (χ1n) is 7.10. The van der Waals surface area contributed by atoms with Crippen molar-refractivity contribution in [3.63, 3.8) is 0 Å². The van der Waals surface area contributed by atoms with E-state index in [0.717, 1.165) is 5.56 Å². The minimum absolute atomic E-state index is 0.0330. The Kier molecular flexibility index (Phi) is 4.39. The van der Waals surface area contributed by atoms with Crippen LogP contribution >= 0.6 is 11.6 Å². The number of rotatable bonds is 4. The van der Waals surface area contributed by atoms with Gasteiger partial charge in [0.1, 0.15) is 6.54 Å². The molecule has 0 aliphatic rings. The molecule has 0 aliphatic carbocycles. The number of nitrogens with zero attached hydrogens (tertiary/aromatic N) is 2. The van der Waals surface area contributed by atoms with Crippen molar-refractivity contribution in [2.45, 2.75) is 13.1 Å². The number of benzene rings is 2. The fourth-order valence-electron chi connectivity index (χ4n) is 2.31. The molecule has 0 bridgehead atoms. The molecule has 2 aromatic carbocycles. The van der Waals surface area contributed by atoms with Crippen molar-refractivity contribution in [1.82, 2.24) is 15.1 Å². The lowest BCUT2D eigenvalue weighted by Crippen LogP contribution is -2.28. The van der Waals surface area contributed by atoms with E-state index >= 15 is 0 Å². The summed E-state index contributed by atoms with van der Waals surface area (Å²) in [6.45, 7) is 0.377. The Balaban J connectivity index is 1.75. The quantitative estimate of drug-likeness (QED) is 0.800. The van der Waals surface area contributed by atoms with E-state index in [9.17, 15) is 9.59 Å². The molecule has 0 spiro atoms. The van der Waals surface area contributed by atoms with E-state index < -0.39 is 0 Å². The molecule has 1 amide bonds. The number of aromatic nitrogens is 2. The molecule has 1 aromatic heterocycles. The Morgan fingerprint density at radius 2 is 1.87 bits per heavy atom. The molecule has 1 heterocycles. The predicted octanol–water partition coefficient (Wildman–Crippen LogP) is 2.37. The molecule has 0 atom stereocenters. The van der Waals surface area contributed by atoms with Crippen LogP contribution in [0.4, 0.5) is 0 Å². The minimum Gasteiger partial charge on any atom is -0.350 e. The lowest BCUT2D eigenvalue weighted by atomic mass is 10.2. The number of fused-ring (bicyclic) bond motifs is 1. The molecule has 5 nitrogen and oxygen atoms in total. The fraction of sp³-hybridized carbons (Fsp3) is 0.118. The van der Waals surface area contributed by atoms with Crippen LogP contribution in [0.15, 0.2) is 59.5 Å². The molecule has 0 unspecified atom stereocenters. The highest BCUT2D eigenvalue weighted by Gasteiger charge is 2.08. The van der Waals surface area contributed by atoms with Gasteiger partial charge in [0.05, 0.1) is 11.7 Å². The zero-order chi connectivity index (χ0) is 16.2. The van der Waals surface area contributed by atoms with Gasteiger partial charge in [0, 0.05) is 17.0 Å². The maximum atomic E-state index is 12.1. The van der Waals surface area contributed by atoms with Crippen LogP contribution in [0.25, 0.3) is 10.9 Å². The number of hydrogen-bond acceptors (Lipinski definition) is 3. The molecule has 3 rings (SSSR count). The van der Waals surface area contributed by atoms with Crippen LogP contribution in [0.5, 0.6) is 0 Å². The zero-order valence-corrected chi connectivity index (χ0v) is 13.0. The number of amides is 1. The highest BCUT2D eigenvalue weighted by molar-refractivity contribution is 6.31. The molecular weight excluding hydrogens is 314 g/mol. The standard InChI is InChI=1S/C17H14ClN3O2/c18-14-7-3-1-5-12(14)9-19-17(23)11-21-15-8-4-2-6-13(15)16(22)10-20-21/h1-8,10H,9,11H2,(H,19,23). The molecule has 1 N–H and O–H groups in total. The number of carbonyl (C=O) groups excluding carboxylic acids is 1. The first-order valence-corrected chi connectivity index (χ1v) is 7.48. The second-order valence-corrected chi connectivity index (χ2v) is 5.46. The molecule has 0 fully saturated rings. The first kappa shape index (κ1) is 15.2. The van der Waals surface area contributed by atoms with E-state index in [4.69, 9.17) is 11.6 Å². The van der Waals surface area contributed by atoms with E-state index in [-0.39, 0.29) is 17.9 Å². The molecule has 3 aromatic rings. The highest BCUT2D eigenvalue weighted by atomic mass is 35.5. The third kappa shape index (κ3) is 3.40. The van der Waals surface area contributed by atoms with Crippen molar-refractivity contribution in [1.29, 1.82) is 0 Å². The number of halogens is 1. The van der Waals surface area contributed by atoms with Gasteiger partial charge in [-0.3, -0.25) is 14.3 Å². The lowest BCUT2D eigenvalue weighted by Gasteiger charge is -2.10. The van der Waals surface area contributed by atoms with Crippen molar-refractivity contribution < 1.29 is 4.79 Å². The summed E-state index contributed by atoms with van der Waals surface area (Å²) >= 11 is 6.06. The van der Waals surface area contributed by atoms with Crippen molar-refractivity contribution in [3.8, 4) is 0 Å². The van der Waals surface area contributed by atoms with Crippen molar-refractivity contribution in [2.24, 2.45) is 0 Å². The zero-order valence-electron chi connectivity index (χ0n) is 12.2. The first-order chi connectivity index (χ1) is 11.1.